The molecule has 0 aromatic rings. The Kier molecular flexibility index (Phi) is 5.60. The highest BCUT2D eigenvalue weighted by molar-refractivity contribution is 5.83. The van der Waals surface area contributed by atoms with E-state index in [1.807, 2.05) is 13.8 Å². The van der Waals surface area contributed by atoms with Crippen LogP contribution >= 0.6 is 0 Å². The topological polar surface area (TPSA) is 61.4 Å². The third-order valence-electron chi connectivity index (χ3n) is 4.32. The summed E-state index contributed by atoms with van der Waals surface area (Å²) in [4.78, 5) is 12.6. The summed E-state index contributed by atoms with van der Waals surface area (Å²) in [6.45, 7) is 7.85. The van der Waals surface area contributed by atoms with Crippen molar-refractivity contribution in [3.05, 3.63) is 0 Å². The van der Waals surface area contributed by atoms with Crippen molar-refractivity contribution in [3.63, 3.8) is 0 Å². The van der Waals surface area contributed by atoms with Gasteiger partial charge in [0.25, 0.3) is 0 Å². The molecule has 1 unspecified atom stereocenters. The molecule has 4 nitrogen and oxygen atoms in total. The fourth-order valence-electron chi connectivity index (χ4n) is 2.62. The van der Waals surface area contributed by atoms with Gasteiger partial charge in [0.1, 0.15) is 0 Å². The number of amides is 1. The van der Waals surface area contributed by atoms with Gasteiger partial charge in [-0.05, 0) is 45.7 Å². The molecule has 106 valence electrons. The third-order valence-corrected chi connectivity index (χ3v) is 4.32. The molecule has 0 bridgehead atoms. The predicted molar refractivity (Wildman–Crippen MR) is 73.4 cm³/mol. The summed E-state index contributed by atoms with van der Waals surface area (Å²) in [5.41, 5.74) is -0.714. The van der Waals surface area contributed by atoms with Crippen LogP contribution in [0.15, 0.2) is 0 Å². The first-order valence-corrected chi connectivity index (χ1v) is 7.16. The number of piperidine rings is 1. The number of rotatable bonds is 6. The summed E-state index contributed by atoms with van der Waals surface area (Å²) in [6, 6.07) is 0. The van der Waals surface area contributed by atoms with Crippen molar-refractivity contribution >= 4 is 5.91 Å². The number of nitrogens with one attached hydrogen (secondary N) is 2. The molecular formula is C14H28N2O2. The standard InChI is InChI=1S/C14H28N2O2/c1-4-6-14(7-9-15-10-8-14)12(18)16-13(3,5-2)11-17/h15,17H,4-11H2,1-3H3,(H,16,18). The molecule has 1 saturated heterocycles. The van der Waals surface area contributed by atoms with Crippen LogP contribution in [0, 0.1) is 5.41 Å². The van der Waals surface area contributed by atoms with Gasteiger partial charge in [0.05, 0.1) is 17.6 Å². The molecule has 0 aliphatic carbocycles. The molecule has 1 amide bonds. The average molecular weight is 256 g/mol. The Hall–Kier alpha value is -0.610. The highest BCUT2D eigenvalue weighted by Gasteiger charge is 2.40. The van der Waals surface area contributed by atoms with Crippen LogP contribution < -0.4 is 10.6 Å². The van der Waals surface area contributed by atoms with Crippen LogP contribution in [0.2, 0.25) is 0 Å². The summed E-state index contributed by atoms with van der Waals surface area (Å²) in [7, 11) is 0. The lowest BCUT2D eigenvalue weighted by atomic mass is 9.74. The minimum Gasteiger partial charge on any atom is -0.394 e. The van der Waals surface area contributed by atoms with Gasteiger partial charge in [0, 0.05) is 0 Å². The van der Waals surface area contributed by atoms with E-state index >= 15 is 0 Å². The monoisotopic (exact) mass is 256 g/mol. The van der Waals surface area contributed by atoms with E-state index in [2.05, 4.69) is 17.6 Å². The highest BCUT2D eigenvalue weighted by atomic mass is 16.3. The van der Waals surface area contributed by atoms with Crippen molar-refractivity contribution < 1.29 is 9.90 Å². The van der Waals surface area contributed by atoms with E-state index in [0.717, 1.165) is 45.2 Å². The summed E-state index contributed by atoms with van der Waals surface area (Å²) in [5.74, 6) is 0.129. The molecule has 4 heteroatoms. The van der Waals surface area contributed by atoms with Crippen molar-refractivity contribution in [2.24, 2.45) is 5.41 Å². The predicted octanol–water partition coefficient (Wildman–Crippen LogP) is 1.43. The lowest BCUT2D eigenvalue weighted by molar-refractivity contribution is -0.135. The number of aliphatic hydroxyl groups excluding tert-OH is 1. The smallest absolute Gasteiger partial charge is 0.226 e. The largest absolute Gasteiger partial charge is 0.394 e. The second-order valence-corrected chi connectivity index (χ2v) is 5.81. The Morgan fingerprint density at radius 3 is 2.44 bits per heavy atom. The van der Waals surface area contributed by atoms with E-state index in [4.69, 9.17) is 0 Å². The number of hydrogen-bond acceptors (Lipinski definition) is 3. The van der Waals surface area contributed by atoms with Gasteiger partial charge < -0.3 is 15.7 Å². The zero-order valence-corrected chi connectivity index (χ0v) is 12.0. The maximum Gasteiger partial charge on any atom is 0.226 e. The highest BCUT2D eigenvalue weighted by Crippen LogP contribution is 2.35. The van der Waals surface area contributed by atoms with E-state index in [-0.39, 0.29) is 17.9 Å². The number of carbonyl (C=O) groups is 1. The van der Waals surface area contributed by atoms with Gasteiger partial charge in [0.15, 0.2) is 0 Å². The maximum atomic E-state index is 12.6. The van der Waals surface area contributed by atoms with Crippen LogP contribution in [-0.4, -0.2) is 36.2 Å². The van der Waals surface area contributed by atoms with E-state index in [1.54, 1.807) is 0 Å². The Bertz CT molecular complexity index is 263. The van der Waals surface area contributed by atoms with E-state index < -0.39 is 5.54 Å². The van der Waals surface area contributed by atoms with Crippen LogP contribution in [0.25, 0.3) is 0 Å². The number of hydrogen-bond donors (Lipinski definition) is 3. The molecule has 1 atom stereocenters. The molecule has 0 spiro atoms. The van der Waals surface area contributed by atoms with Crippen molar-refractivity contribution in [2.45, 2.75) is 58.4 Å². The first-order chi connectivity index (χ1) is 8.52. The third kappa shape index (κ3) is 3.45. The second-order valence-electron chi connectivity index (χ2n) is 5.81. The zero-order chi connectivity index (χ0) is 13.6. The van der Waals surface area contributed by atoms with Gasteiger partial charge in [-0.3, -0.25) is 4.79 Å². The fourth-order valence-corrected chi connectivity index (χ4v) is 2.62. The molecule has 1 heterocycles. The second kappa shape index (κ2) is 6.53. The van der Waals surface area contributed by atoms with E-state index in [1.165, 1.54) is 0 Å². The average Bonchev–Trinajstić information content (AvgIpc) is 2.40. The molecule has 1 rings (SSSR count). The molecule has 18 heavy (non-hydrogen) atoms. The van der Waals surface area contributed by atoms with Crippen LogP contribution in [0.3, 0.4) is 0 Å². The van der Waals surface area contributed by atoms with Crippen molar-refractivity contribution in [1.82, 2.24) is 10.6 Å². The van der Waals surface area contributed by atoms with E-state index in [0.29, 0.717) is 0 Å². The Morgan fingerprint density at radius 2 is 2.00 bits per heavy atom. The molecular weight excluding hydrogens is 228 g/mol. The first-order valence-electron chi connectivity index (χ1n) is 7.16. The molecule has 1 aliphatic heterocycles. The van der Waals surface area contributed by atoms with Gasteiger partial charge in [-0.1, -0.05) is 20.3 Å². The van der Waals surface area contributed by atoms with Crippen LogP contribution in [-0.2, 0) is 4.79 Å². The van der Waals surface area contributed by atoms with Crippen molar-refractivity contribution in [3.8, 4) is 0 Å². The number of carbonyl (C=O) groups excluding carboxylic acids is 1. The van der Waals surface area contributed by atoms with Gasteiger partial charge >= 0.3 is 0 Å². The summed E-state index contributed by atoms with van der Waals surface area (Å²) in [6.07, 6.45) is 4.51. The SMILES string of the molecule is CCCC1(C(=O)NC(C)(CC)CO)CCNCC1. The Labute approximate surface area is 111 Å². The summed E-state index contributed by atoms with van der Waals surface area (Å²) < 4.78 is 0. The van der Waals surface area contributed by atoms with Gasteiger partial charge in [-0.25, -0.2) is 0 Å². The quantitative estimate of drug-likeness (QED) is 0.674. The molecule has 0 aromatic heterocycles. The molecule has 1 fully saturated rings. The van der Waals surface area contributed by atoms with Crippen molar-refractivity contribution in [1.29, 1.82) is 0 Å². The Balaban J connectivity index is 2.76. The Morgan fingerprint density at radius 1 is 1.39 bits per heavy atom. The van der Waals surface area contributed by atoms with Gasteiger partial charge in [0.2, 0.25) is 5.91 Å². The molecule has 0 radical (unpaired) electrons. The molecule has 0 saturated carbocycles. The lowest BCUT2D eigenvalue weighted by Crippen LogP contribution is -2.56. The molecule has 0 aromatic carbocycles. The maximum absolute atomic E-state index is 12.6. The minimum atomic E-state index is -0.483. The zero-order valence-electron chi connectivity index (χ0n) is 12.0. The number of aliphatic hydroxyl groups is 1. The van der Waals surface area contributed by atoms with Crippen LogP contribution in [0.1, 0.15) is 52.9 Å². The fraction of sp³-hybridized carbons (Fsp3) is 0.929. The normalized spacial score (nSPS) is 22.2. The van der Waals surface area contributed by atoms with E-state index in [9.17, 15) is 9.90 Å². The van der Waals surface area contributed by atoms with Crippen LogP contribution in [0.5, 0.6) is 0 Å². The summed E-state index contributed by atoms with van der Waals surface area (Å²) in [5, 5.41) is 15.8. The van der Waals surface area contributed by atoms with Gasteiger partial charge in [-0.2, -0.15) is 0 Å². The lowest BCUT2D eigenvalue weighted by Gasteiger charge is -2.39. The summed E-state index contributed by atoms with van der Waals surface area (Å²) >= 11 is 0. The minimum absolute atomic E-state index is 0.00427. The molecule has 1 aliphatic rings. The van der Waals surface area contributed by atoms with Gasteiger partial charge in [-0.15, -0.1) is 0 Å². The van der Waals surface area contributed by atoms with Crippen LogP contribution in [0.4, 0.5) is 0 Å². The first kappa shape index (κ1) is 15.4. The molecule has 3 N–H and O–H groups in total. The van der Waals surface area contributed by atoms with Crippen molar-refractivity contribution in [2.75, 3.05) is 19.7 Å².